The standard InChI is InChI=1S/C13H17ClN2O/c1-9-3-4-10(14)7-11(9)16-12(17)8-13(15)5-2-6-13/h3-4,7H,2,5-6,8,15H2,1H3,(H,16,17). The lowest BCUT2D eigenvalue weighted by atomic mass is 9.75. The molecule has 1 aliphatic carbocycles. The third-order valence-corrected chi connectivity index (χ3v) is 3.57. The molecule has 3 nitrogen and oxygen atoms in total. The van der Waals surface area contributed by atoms with E-state index in [-0.39, 0.29) is 11.4 Å². The van der Waals surface area contributed by atoms with E-state index in [0.717, 1.165) is 30.5 Å². The van der Waals surface area contributed by atoms with Crippen molar-refractivity contribution in [2.24, 2.45) is 5.73 Å². The molecule has 2 rings (SSSR count). The topological polar surface area (TPSA) is 55.1 Å². The number of hydrogen-bond acceptors (Lipinski definition) is 2. The maximum Gasteiger partial charge on any atom is 0.226 e. The largest absolute Gasteiger partial charge is 0.326 e. The molecule has 1 amide bonds. The minimum atomic E-state index is -0.281. The van der Waals surface area contributed by atoms with Crippen molar-refractivity contribution in [1.29, 1.82) is 0 Å². The van der Waals surface area contributed by atoms with Gasteiger partial charge < -0.3 is 11.1 Å². The molecular formula is C13H17ClN2O. The number of aryl methyl sites for hydroxylation is 1. The molecule has 0 bridgehead atoms. The van der Waals surface area contributed by atoms with Crippen LogP contribution in [0.15, 0.2) is 18.2 Å². The van der Waals surface area contributed by atoms with Gasteiger partial charge in [-0.25, -0.2) is 0 Å². The first-order valence-electron chi connectivity index (χ1n) is 5.83. The third kappa shape index (κ3) is 2.99. The van der Waals surface area contributed by atoms with Gasteiger partial charge in [0, 0.05) is 22.7 Å². The Hall–Kier alpha value is -1.06. The number of nitrogens with two attached hydrogens (primary N) is 1. The summed E-state index contributed by atoms with van der Waals surface area (Å²) in [5, 5.41) is 3.49. The van der Waals surface area contributed by atoms with Gasteiger partial charge in [-0.05, 0) is 43.9 Å². The average Bonchev–Trinajstić information content (AvgIpc) is 2.21. The molecule has 1 aromatic rings. The molecule has 0 aliphatic heterocycles. The van der Waals surface area contributed by atoms with E-state index in [0.29, 0.717) is 11.4 Å². The van der Waals surface area contributed by atoms with E-state index in [1.54, 1.807) is 6.07 Å². The van der Waals surface area contributed by atoms with Crippen LogP contribution in [0.25, 0.3) is 0 Å². The highest BCUT2D eigenvalue weighted by Gasteiger charge is 2.34. The van der Waals surface area contributed by atoms with Crippen LogP contribution in [-0.4, -0.2) is 11.4 Å². The van der Waals surface area contributed by atoms with Crippen LogP contribution < -0.4 is 11.1 Å². The van der Waals surface area contributed by atoms with Crippen LogP contribution in [0.4, 0.5) is 5.69 Å². The van der Waals surface area contributed by atoms with Crippen molar-refractivity contribution in [3.63, 3.8) is 0 Å². The van der Waals surface area contributed by atoms with Crippen molar-refractivity contribution in [1.82, 2.24) is 0 Å². The van der Waals surface area contributed by atoms with E-state index >= 15 is 0 Å². The number of nitrogens with one attached hydrogen (secondary N) is 1. The molecule has 1 saturated carbocycles. The first kappa shape index (κ1) is 12.4. The van der Waals surface area contributed by atoms with Gasteiger partial charge in [-0.2, -0.15) is 0 Å². The van der Waals surface area contributed by atoms with Gasteiger partial charge in [-0.15, -0.1) is 0 Å². The fourth-order valence-electron chi connectivity index (χ4n) is 2.05. The van der Waals surface area contributed by atoms with Gasteiger partial charge in [-0.1, -0.05) is 17.7 Å². The lowest BCUT2D eigenvalue weighted by Crippen LogP contribution is -2.48. The zero-order valence-corrected chi connectivity index (χ0v) is 10.7. The van der Waals surface area contributed by atoms with E-state index in [1.807, 2.05) is 19.1 Å². The van der Waals surface area contributed by atoms with E-state index in [9.17, 15) is 4.79 Å². The Kier molecular flexibility index (Phi) is 3.40. The minimum absolute atomic E-state index is 0.0300. The molecule has 0 heterocycles. The van der Waals surface area contributed by atoms with Crippen molar-refractivity contribution >= 4 is 23.2 Å². The molecule has 0 radical (unpaired) electrons. The van der Waals surface area contributed by atoms with Gasteiger partial charge >= 0.3 is 0 Å². The summed E-state index contributed by atoms with van der Waals surface area (Å²) in [5.41, 5.74) is 7.53. The normalized spacial score (nSPS) is 17.4. The summed E-state index contributed by atoms with van der Waals surface area (Å²) in [6.45, 7) is 1.94. The fourth-order valence-corrected chi connectivity index (χ4v) is 2.22. The molecule has 0 unspecified atom stereocenters. The number of amides is 1. The van der Waals surface area contributed by atoms with Crippen LogP contribution in [0.3, 0.4) is 0 Å². The Balaban J connectivity index is 2.00. The molecule has 0 atom stereocenters. The van der Waals surface area contributed by atoms with Gasteiger partial charge in [0.2, 0.25) is 5.91 Å². The molecule has 17 heavy (non-hydrogen) atoms. The van der Waals surface area contributed by atoms with E-state index in [1.165, 1.54) is 0 Å². The van der Waals surface area contributed by atoms with Crippen LogP contribution in [0.5, 0.6) is 0 Å². The Morgan fingerprint density at radius 2 is 2.24 bits per heavy atom. The number of benzene rings is 1. The van der Waals surface area contributed by atoms with Crippen LogP contribution in [0.1, 0.15) is 31.2 Å². The van der Waals surface area contributed by atoms with E-state index < -0.39 is 0 Å². The van der Waals surface area contributed by atoms with Gasteiger partial charge in [0.15, 0.2) is 0 Å². The first-order valence-corrected chi connectivity index (χ1v) is 6.21. The van der Waals surface area contributed by atoms with Gasteiger partial charge in [0.05, 0.1) is 0 Å². The number of anilines is 1. The zero-order chi connectivity index (χ0) is 12.5. The molecule has 0 saturated heterocycles. The number of rotatable bonds is 3. The van der Waals surface area contributed by atoms with Gasteiger partial charge in [0.25, 0.3) is 0 Å². The summed E-state index contributed by atoms with van der Waals surface area (Å²) in [4.78, 5) is 11.9. The number of carbonyl (C=O) groups is 1. The molecule has 0 spiro atoms. The molecule has 92 valence electrons. The SMILES string of the molecule is Cc1ccc(Cl)cc1NC(=O)CC1(N)CCC1. The second-order valence-corrected chi connectivity index (χ2v) is 5.34. The first-order chi connectivity index (χ1) is 7.98. The highest BCUT2D eigenvalue weighted by molar-refractivity contribution is 6.31. The number of carbonyl (C=O) groups excluding carboxylic acids is 1. The molecule has 1 aliphatic rings. The number of halogens is 1. The molecule has 3 N–H and O–H groups in total. The summed E-state index contributed by atoms with van der Waals surface area (Å²) in [7, 11) is 0. The van der Waals surface area contributed by atoms with Crippen molar-refractivity contribution in [3.8, 4) is 0 Å². The summed E-state index contributed by atoms with van der Waals surface area (Å²) >= 11 is 5.90. The minimum Gasteiger partial charge on any atom is -0.326 e. The van der Waals surface area contributed by atoms with Crippen molar-refractivity contribution in [3.05, 3.63) is 28.8 Å². The van der Waals surface area contributed by atoms with E-state index in [2.05, 4.69) is 5.32 Å². The van der Waals surface area contributed by atoms with Crippen molar-refractivity contribution < 1.29 is 4.79 Å². The Labute approximate surface area is 106 Å². The predicted octanol–water partition coefficient (Wildman–Crippen LogP) is 2.86. The highest BCUT2D eigenvalue weighted by Crippen LogP contribution is 2.32. The summed E-state index contributed by atoms with van der Waals surface area (Å²) in [6.07, 6.45) is 3.39. The Morgan fingerprint density at radius 1 is 1.53 bits per heavy atom. The maximum atomic E-state index is 11.9. The monoisotopic (exact) mass is 252 g/mol. The second-order valence-electron chi connectivity index (χ2n) is 4.90. The van der Waals surface area contributed by atoms with Crippen LogP contribution in [-0.2, 0) is 4.79 Å². The van der Waals surface area contributed by atoms with Crippen molar-refractivity contribution in [2.45, 2.75) is 38.1 Å². The Morgan fingerprint density at radius 3 is 2.82 bits per heavy atom. The zero-order valence-electron chi connectivity index (χ0n) is 9.92. The van der Waals surface area contributed by atoms with Crippen molar-refractivity contribution in [2.75, 3.05) is 5.32 Å². The molecule has 4 heteroatoms. The number of hydrogen-bond donors (Lipinski definition) is 2. The molecule has 1 aromatic carbocycles. The van der Waals surface area contributed by atoms with Crippen LogP contribution >= 0.6 is 11.6 Å². The average molecular weight is 253 g/mol. The maximum absolute atomic E-state index is 11.9. The Bertz CT molecular complexity index is 441. The van der Waals surface area contributed by atoms with Gasteiger partial charge in [0.1, 0.15) is 0 Å². The predicted molar refractivity (Wildman–Crippen MR) is 70.2 cm³/mol. The quantitative estimate of drug-likeness (QED) is 0.869. The third-order valence-electron chi connectivity index (χ3n) is 3.34. The second kappa shape index (κ2) is 4.67. The van der Waals surface area contributed by atoms with Crippen LogP contribution in [0, 0.1) is 6.92 Å². The summed E-state index contributed by atoms with van der Waals surface area (Å²) < 4.78 is 0. The summed E-state index contributed by atoms with van der Waals surface area (Å²) in [6, 6.07) is 5.46. The highest BCUT2D eigenvalue weighted by atomic mass is 35.5. The lowest BCUT2D eigenvalue weighted by Gasteiger charge is -2.37. The lowest BCUT2D eigenvalue weighted by molar-refractivity contribution is -0.118. The summed E-state index contributed by atoms with van der Waals surface area (Å²) in [5.74, 6) is -0.0300. The molecule has 1 fully saturated rings. The smallest absolute Gasteiger partial charge is 0.226 e. The molecular weight excluding hydrogens is 236 g/mol. The van der Waals surface area contributed by atoms with Gasteiger partial charge in [-0.3, -0.25) is 4.79 Å². The van der Waals surface area contributed by atoms with E-state index in [4.69, 9.17) is 17.3 Å². The fraction of sp³-hybridized carbons (Fsp3) is 0.462. The van der Waals surface area contributed by atoms with Crippen LogP contribution in [0.2, 0.25) is 5.02 Å². The molecule has 0 aromatic heterocycles.